The minimum Gasteiger partial charge on any atom is -0.493 e. The first-order valence-corrected chi connectivity index (χ1v) is 6.04. The molecule has 2 rings (SSSR count). The number of allylic oxidation sites excluding steroid dienone is 2. The number of nitrogens with zero attached hydrogens (tertiary/aromatic N) is 3. The van der Waals surface area contributed by atoms with Crippen LogP contribution in [0.1, 0.15) is 5.56 Å². The normalized spacial score (nSPS) is 11.8. The first kappa shape index (κ1) is 14.8. The van der Waals surface area contributed by atoms with E-state index in [0.717, 1.165) is 0 Å². The maximum Gasteiger partial charge on any atom is 0.231 e. The largest absolute Gasteiger partial charge is 0.493 e. The molecule has 0 aliphatic carbocycles. The number of ether oxygens (including phenoxy) is 3. The van der Waals surface area contributed by atoms with E-state index >= 15 is 0 Å². The summed E-state index contributed by atoms with van der Waals surface area (Å²) in [4.78, 5) is 0. The zero-order chi connectivity index (χ0) is 16.1. The van der Waals surface area contributed by atoms with Gasteiger partial charge in [-0.25, -0.2) is 0 Å². The highest BCUT2D eigenvalue weighted by Gasteiger charge is 2.20. The standard InChI is InChI=1S/C15H10N4O3/c1-20-12-3-9(4-13-15(12)22-8-21-13)2-10(5-16)14(19)11(6-17)7-18/h2-4H,8,19H2,1H3/b10-2-. The topological polar surface area (TPSA) is 125 Å². The van der Waals surface area contributed by atoms with Crippen molar-refractivity contribution in [2.75, 3.05) is 13.9 Å². The maximum atomic E-state index is 9.18. The predicted octanol–water partition coefficient (Wildman–Crippen LogP) is 1.59. The Labute approximate surface area is 126 Å². The monoisotopic (exact) mass is 294 g/mol. The van der Waals surface area contributed by atoms with E-state index in [9.17, 15) is 5.26 Å². The van der Waals surface area contributed by atoms with Crippen LogP contribution in [-0.2, 0) is 0 Å². The molecule has 1 aliphatic heterocycles. The van der Waals surface area contributed by atoms with Crippen LogP contribution >= 0.6 is 0 Å². The lowest BCUT2D eigenvalue weighted by atomic mass is 10.1. The zero-order valence-corrected chi connectivity index (χ0v) is 11.6. The van der Waals surface area contributed by atoms with Crippen molar-refractivity contribution in [1.82, 2.24) is 0 Å². The highest BCUT2D eigenvalue weighted by molar-refractivity contribution is 5.70. The van der Waals surface area contributed by atoms with E-state index in [0.29, 0.717) is 22.8 Å². The van der Waals surface area contributed by atoms with E-state index in [1.54, 1.807) is 24.3 Å². The summed E-state index contributed by atoms with van der Waals surface area (Å²) in [5.74, 6) is 1.41. The van der Waals surface area contributed by atoms with Crippen LogP contribution in [-0.4, -0.2) is 13.9 Å². The number of hydrogen-bond donors (Lipinski definition) is 1. The van der Waals surface area contributed by atoms with E-state index < -0.39 is 0 Å². The van der Waals surface area contributed by atoms with E-state index in [2.05, 4.69) is 0 Å². The second-order valence-electron chi connectivity index (χ2n) is 4.14. The predicted molar refractivity (Wildman–Crippen MR) is 75.1 cm³/mol. The number of hydrogen-bond acceptors (Lipinski definition) is 7. The van der Waals surface area contributed by atoms with Crippen LogP contribution in [0.2, 0.25) is 0 Å². The number of methoxy groups -OCH3 is 1. The quantitative estimate of drug-likeness (QED) is 0.662. The van der Waals surface area contributed by atoms with Crippen molar-refractivity contribution in [2.45, 2.75) is 0 Å². The van der Waals surface area contributed by atoms with Crippen molar-refractivity contribution in [1.29, 1.82) is 15.8 Å². The third kappa shape index (κ3) is 2.63. The van der Waals surface area contributed by atoms with Crippen molar-refractivity contribution in [3.05, 3.63) is 34.5 Å². The SMILES string of the molecule is COc1cc(/C=C(/C#N)C(N)=C(C#N)C#N)cc2c1OCO2. The Hall–Kier alpha value is -3.63. The molecule has 0 saturated heterocycles. The first-order valence-electron chi connectivity index (χ1n) is 6.04. The number of rotatable bonds is 3. The molecular weight excluding hydrogens is 284 g/mol. The van der Waals surface area contributed by atoms with Crippen LogP contribution in [0.4, 0.5) is 0 Å². The Balaban J connectivity index is 2.53. The summed E-state index contributed by atoms with van der Waals surface area (Å²) in [5.41, 5.74) is 5.75. The van der Waals surface area contributed by atoms with Gasteiger partial charge in [-0.1, -0.05) is 0 Å². The Morgan fingerprint density at radius 2 is 1.95 bits per heavy atom. The van der Waals surface area contributed by atoms with Gasteiger partial charge in [-0.15, -0.1) is 0 Å². The van der Waals surface area contributed by atoms with Crippen LogP contribution < -0.4 is 19.9 Å². The molecule has 0 fully saturated rings. The molecule has 1 aliphatic rings. The summed E-state index contributed by atoms with van der Waals surface area (Å²) in [6.45, 7) is 0.0824. The molecule has 1 aromatic rings. The molecule has 108 valence electrons. The Kier molecular flexibility index (Phi) is 4.17. The average Bonchev–Trinajstić information content (AvgIpc) is 3.01. The minimum atomic E-state index is -0.319. The second kappa shape index (κ2) is 6.21. The smallest absolute Gasteiger partial charge is 0.231 e. The molecule has 0 saturated carbocycles. The molecule has 0 amide bonds. The van der Waals surface area contributed by atoms with Gasteiger partial charge in [0.2, 0.25) is 12.5 Å². The van der Waals surface area contributed by atoms with Gasteiger partial charge in [-0.3, -0.25) is 0 Å². The zero-order valence-electron chi connectivity index (χ0n) is 11.6. The molecule has 0 atom stereocenters. The minimum absolute atomic E-state index is 0.000909. The van der Waals surface area contributed by atoms with Crippen LogP contribution in [0.3, 0.4) is 0 Å². The molecule has 1 aromatic carbocycles. The van der Waals surface area contributed by atoms with Gasteiger partial charge in [0.05, 0.1) is 18.4 Å². The van der Waals surface area contributed by atoms with Crippen molar-refractivity contribution in [3.63, 3.8) is 0 Å². The van der Waals surface area contributed by atoms with E-state index in [1.807, 2.05) is 6.07 Å². The lowest BCUT2D eigenvalue weighted by Crippen LogP contribution is -2.03. The molecule has 0 aromatic heterocycles. The molecule has 7 heteroatoms. The first-order chi connectivity index (χ1) is 10.6. The highest BCUT2D eigenvalue weighted by Crippen LogP contribution is 2.42. The summed E-state index contributed by atoms with van der Waals surface area (Å²) < 4.78 is 15.8. The van der Waals surface area contributed by atoms with Crippen LogP contribution in [0, 0.1) is 34.0 Å². The Morgan fingerprint density at radius 1 is 1.23 bits per heavy atom. The van der Waals surface area contributed by atoms with Gasteiger partial charge < -0.3 is 19.9 Å². The summed E-state index contributed by atoms with van der Waals surface area (Å²) in [6, 6.07) is 8.45. The van der Waals surface area contributed by atoms with Crippen molar-refractivity contribution < 1.29 is 14.2 Å². The van der Waals surface area contributed by atoms with Crippen molar-refractivity contribution >= 4 is 6.08 Å². The lowest BCUT2D eigenvalue weighted by molar-refractivity contribution is 0.171. The van der Waals surface area contributed by atoms with Gasteiger partial charge in [0, 0.05) is 0 Å². The Morgan fingerprint density at radius 3 is 2.55 bits per heavy atom. The fraction of sp³-hybridized carbons (Fsp3) is 0.133. The summed E-state index contributed by atoms with van der Waals surface area (Å²) in [7, 11) is 1.48. The highest BCUT2D eigenvalue weighted by atomic mass is 16.7. The van der Waals surface area contributed by atoms with Gasteiger partial charge in [0.1, 0.15) is 18.2 Å². The number of benzene rings is 1. The molecule has 2 N–H and O–H groups in total. The average molecular weight is 294 g/mol. The van der Waals surface area contributed by atoms with Gasteiger partial charge in [0.25, 0.3) is 0 Å². The van der Waals surface area contributed by atoms with Crippen LogP contribution in [0.5, 0.6) is 17.2 Å². The third-order valence-electron chi connectivity index (χ3n) is 2.90. The van der Waals surface area contributed by atoms with Crippen molar-refractivity contribution in [3.8, 4) is 35.5 Å². The molecule has 0 unspecified atom stereocenters. The fourth-order valence-corrected chi connectivity index (χ4v) is 1.85. The summed E-state index contributed by atoms with van der Waals surface area (Å²) >= 11 is 0. The van der Waals surface area contributed by atoms with Crippen molar-refractivity contribution in [2.24, 2.45) is 5.73 Å². The van der Waals surface area contributed by atoms with Crippen LogP contribution in [0.15, 0.2) is 29.0 Å². The molecular formula is C15H10N4O3. The van der Waals surface area contributed by atoms with Gasteiger partial charge >= 0.3 is 0 Å². The van der Waals surface area contributed by atoms with E-state index in [4.69, 9.17) is 30.5 Å². The molecule has 22 heavy (non-hydrogen) atoms. The number of nitriles is 3. The summed E-state index contributed by atoms with van der Waals surface area (Å²) in [5, 5.41) is 26.8. The van der Waals surface area contributed by atoms with Gasteiger partial charge in [-0.05, 0) is 23.8 Å². The molecule has 0 radical (unpaired) electrons. The van der Waals surface area contributed by atoms with E-state index in [1.165, 1.54) is 13.2 Å². The van der Waals surface area contributed by atoms with Crippen LogP contribution in [0.25, 0.3) is 6.08 Å². The summed E-state index contributed by atoms with van der Waals surface area (Å²) in [6.07, 6.45) is 1.44. The second-order valence-corrected chi connectivity index (χ2v) is 4.14. The molecule has 0 bridgehead atoms. The number of fused-ring (bicyclic) bond motifs is 1. The molecule has 7 nitrogen and oxygen atoms in total. The number of nitrogens with two attached hydrogens (primary N) is 1. The Bertz CT molecular complexity index is 788. The third-order valence-corrected chi connectivity index (χ3v) is 2.90. The van der Waals surface area contributed by atoms with E-state index in [-0.39, 0.29) is 23.6 Å². The fourth-order valence-electron chi connectivity index (χ4n) is 1.85. The lowest BCUT2D eigenvalue weighted by Gasteiger charge is -2.06. The van der Waals surface area contributed by atoms with Gasteiger partial charge in [0.15, 0.2) is 17.1 Å². The maximum absolute atomic E-state index is 9.18. The molecule has 0 spiro atoms. The molecule has 1 heterocycles. The van der Waals surface area contributed by atoms with Gasteiger partial charge in [-0.2, -0.15) is 15.8 Å².